The largest absolute Gasteiger partial charge is 0.357 e. The monoisotopic (exact) mass is 405 g/mol. The Morgan fingerprint density at radius 3 is 2.87 bits per heavy atom. The SMILES string of the molecule is CCNC(=NCc1cnn(Cc2ccccc2)c1)N1CCC(C)C(n2ccnc2)C1. The zero-order chi connectivity index (χ0) is 20.8. The molecular formula is C23H31N7. The van der Waals surface area contributed by atoms with E-state index in [1.807, 2.05) is 29.5 Å². The first-order valence-electron chi connectivity index (χ1n) is 10.8. The van der Waals surface area contributed by atoms with Gasteiger partial charge >= 0.3 is 0 Å². The number of hydrogen-bond acceptors (Lipinski definition) is 3. The van der Waals surface area contributed by atoms with Gasteiger partial charge in [0.15, 0.2) is 5.96 Å². The molecule has 0 radical (unpaired) electrons. The summed E-state index contributed by atoms with van der Waals surface area (Å²) in [6.07, 6.45) is 11.0. The van der Waals surface area contributed by atoms with Gasteiger partial charge in [-0.2, -0.15) is 5.10 Å². The third-order valence-electron chi connectivity index (χ3n) is 5.75. The minimum atomic E-state index is 0.415. The summed E-state index contributed by atoms with van der Waals surface area (Å²) in [7, 11) is 0. The number of nitrogens with one attached hydrogen (secondary N) is 1. The van der Waals surface area contributed by atoms with Crippen molar-refractivity contribution in [3.05, 3.63) is 72.6 Å². The third kappa shape index (κ3) is 4.90. The quantitative estimate of drug-likeness (QED) is 0.505. The number of aromatic nitrogens is 4. The van der Waals surface area contributed by atoms with Crippen LogP contribution in [0.2, 0.25) is 0 Å². The van der Waals surface area contributed by atoms with Crippen molar-refractivity contribution in [1.29, 1.82) is 0 Å². The van der Waals surface area contributed by atoms with Crippen LogP contribution in [0.4, 0.5) is 0 Å². The third-order valence-corrected chi connectivity index (χ3v) is 5.75. The molecule has 0 saturated carbocycles. The molecule has 1 saturated heterocycles. The highest BCUT2D eigenvalue weighted by molar-refractivity contribution is 5.80. The minimum Gasteiger partial charge on any atom is -0.357 e. The highest BCUT2D eigenvalue weighted by atomic mass is 15.3. The second-order valence-corrected chi connectivity index (χ2v) is 7.99. The molecule has 2 aromatic heterocycles. The van der Waals surface area contributed by atoms with Gasteiger partial charge in [0.05, 0.1) is 31.7 Å². The van der Waals surface area contributed by atoms with Gasteiger partial charge in [-0.25, -0.2) is 9.98 Å². The Kier molecular flexibility index (Phi) is 6.47. The molecule has 1 N–H and O–H groups in total. The molecule has 3 heterocycles. The van der Waals surface area contributed by atoms with E-state index in [0.717, 1.165) is 44.1 Å². The molecule has 7 nitrogen and oxygen atoms in total. The van der Waals surface area contributed by atoms with Crippen molar-refractivity contribution >= 4 is 5.96 Å². The van der Waals surface area contributed by atoms with Gasteiger partial charge in [-0.1, -0.05) is 37.3 Å². The van der Waals surface area contributed by atoms with Crippen molar-refractivity contribution in [1.82, 2.24) is 29.5 Å². The topological polar surface area (TPSA) is 63.3 Å². The molecule has 158 valence electrons. The van der Waals surface area contributed by atoms with Crippen molar-refractivity contribution < 1.29 is 0 Å². The standard InChI is InChI=1S/C23H31N7/c1-3-25-23(28-11-9-19(2)22(17-28)29-12-10-24-18-29)26-13-21-14-27-30(16-21)15-20-7-5-4-6-8-20/h4-8,10,12,14,16,18-19,22H,3,9,11,13,15,17H2,1-2H3,(H,25,26). The van der Waals surface area contributed by atoms with Gasteiger partial charge < -0.3 is 14.8 Å². The molecule has 1 fully saturated rings. The smallest absolute Gasteiger partial charge is 0.194 e. The number of imidazole rings is 1. The molecule has 1 aliphatic heterocycles. The summed E-state index contributed by atoms with van der Waals surface area (Å²) in [5, 5.41) is 7.98. The first-order valence-corrected chi connectivity index (χ1v) is 10.8. The molecule has 1 aromatic carbocycles. The predicted octanol–water partition coefficient (Wildman–Crippen LogP) is 3.18. The fourth-order valence-corrected chi connectivity index (χ4v) is 4.03. The van der Waals surface area contributed by atoms with Crippen LogP contribution >= 0.6 is 0 Å². The lowest BCUT2D eigenvalue weighted by Crippen LogP contribution is -2.49. The molecule has 0 aliphatic carbocycles. The van der Waals surface area contributed by atoms with E-state index in [4.69, 9.17) is 4.99 Å². The van der Waals surface area contributed by atoms with E-state index in [0.29, 0.717) is 18.5 Å². The minimum absolute atomic E-state index is 0.415. The lowest BCUT2D eigenvalue weighted by atomic mass is 9.93. The maximum absolute atomic E-state index is 4.92. The van der Waals surface area contributed by atoms with Gasteiger partial charge in [0.1, 0.15) is 0 Å². The first kappa shape index (κ1) is 20.2. The normalized spacial score (nSPS) is 19.8. The Bertz CT molecular complexity index is 930. The first-order chi connectivity index (χ1) is 14.7. The molecule has 3 aromatic rings. The van der Waals surface area contributed by atoms with Gasteiger partial charge in [0.2, 0.25) is 0 Å². The summed E-state index contributed by atoms with van der Waals surface area (Å²) in [4.78, 5) is 11.5. The van der Waals surface area contributed by atoms with Crippen molar-refractivity contribution in [2.75, 3.05) is 19.6 Å². The molecule has 1 aliphatic rings. The highest BCUT2D eigenvalue weighted by Gasteiger charge is 2.28. The van der Waals surface area contributed by atoms with Crippen LogP contribution in [0, 0.1) is 5.92 Å². The summed E-state index contributed by atoms with van der Waals surface area (Å²) in [6.45, 7) is 8.66. The van der Waals surface area contributed by atoms with Crippen molar-refractivity contribution in [3.8, 4) is 0 Å². The number of aliphatic imine (C=N–C) groups is 1. The lowest BCUT2D eigenvalue weighted by molar-refractivity contribution is 0.189. The van der Waals surface area contributed by atoms with E-state index in [9.17, 15) is 0 Å². The Labute approximate surface area is 178 Å². The number of hydrogen-bond donors (Lipinski definition) is 1. The summed E-state index contributed by atoms with van der Waals surface area (Å²) in [6, 6.07) is 10.8. The molecule has 0 spiro atoms. The molecule has 7 heteroatoms. The molecule has 30 heavy (non-hydrogen) atoms. The zero-order valence-electron chi connectivity index (χ0n) is 17.9. The van der Waals surface area contributed by atoms with E-state index >= 15 is 0 Å². The number of piperidine rings is 1. The van der Waals surface area contributed by atoms with Crippen LogP contribution in [0.5, 0.6) is 0 Å². The van der Waals surface area contributed by atoms with Crippen LogP contribution < -0.4 is 5.32 Å². The Morgan fingerprint density at radius 1 is 1.23 bits per heavy atom. The second-order valence-electron chi connectivity index (χ2n) is 7.99. The Hall–Kier alpha value is -3.09. The second kappa shape index (κ2) is 9.61. The average molecular weight is 406 g/mol. The fraction of sp³-hybridized carbons (Fsp3) is 0.435. The molecule has 0 amide bonds. The van der Waals surface area contributed by atoms with Crippen molar-refractivity contribution in [2.24, 2.45) is 10.9 Å². The van der Waals surface area contributed by atoms with Gasteiger partial charge in [0.25, 0.3) is 0 Å². The van der Waals surface area contributed by atoms with Crippen molar-refractivity contribution in [2.45, 2.75) is 39.4 Å². The number of nitrogens with zero attached hydrogens (tertiary/aromatic N) is 6. The van der Waals surface area contributed by atoms with Crippen LogP contribution in [0.1, 0.15) is 37.4 Å². The number of likely N-dealkylation sites (tertiary alicyclic amines) is 1. The van der Waals surface area contributed by atoms with Crippen LogP contribution in [0.25, 0.3) is 0 Å². The maximum Gasteiger partial charge on any atom is 0.194 e. The summed E-state index contributed by atoms with van der Waals surface area (Å²) in [5.41, 5.74) is 2.37. The lowest BCUT2D eigenvalue weighted by Gasteiger charge is -2.39. The van der Waals surface area contributed by atoms with Crippen molar-refractivity contribution in [3.63, 3.8) is 0 Å². The predicted molar refractivity (Wildman–Crippen MR) is 119 cm³/mol. The fourth-order valence-electron chi connectivity index (χ4n) is 4.03. The highest BCUT2D eigenvalue weighted by Crippen LogP contribution is 2.27. The van der Waals surface area contributed by atoms with E-state index < -0.39 is 0 Å². The molecule has 2 atom stereocenters. The number of rotatable bonds is 6. The van der Waals surface area contributed by atoms with Crippen LogP contribution in [0.3, 0.4) is 0 Å². The average Bonchev–Trinajstić information content (AvgIpc) is 3.45. The molecule has 0 bridgehead atoms. The molecule has 4 rings (SSSR count). The number of guanidine groups is 1. The maximum atomic E-state index is 4.92. The van der Waals surface area contributed by atoms with E-state index in [-0.39, 0.29) is 0 Å². The Morgan fingerprint density at radius 2 is 2.10 bits per heavy atom. The van der Waals surface area contributed by atoms with Gasteiger partial charge in [-0.3, -0.25) is 4.68 Å². The van der Waals surface area contributed by atoms with Gasteiger partial charge in [-0.05, 0) is 24.8 Å². The van der Waals surface area contributed by atoms with Crippen LogP contribution in [0.15, 0.2) is 66.4 Å². The zero-order valence-corrected chi connectivity index (χ0v) is 17.9. The van der Waals surface area contributed by atoms with Gasteiger partial charge in [0, 0.05) is 43.8 Å². The number of benzene rings is 1. The summed E-state index contributed by atoms with van der Waals surface area (Å²) < 4.78 is 4.21. The molecular weight excluding hydrogens is 374 g/mol. The van der Waals surface area contributed by atoms with E-state index in [2.05, 4.69) is 75.4 Å². The summed E-state index contributed by atoms with van der Waals surface area (Å²) >= 11 is 0. The van der Waals surface area contributed by atoms with Gasteiger partial charge in [-0.15, -0.1) is 0 Å². The van der Waals surface area contributed by atoms with E-state index in [1.165, 1.54) is 5.56 Å². The van der Waals surface area contributed by atoms with E-state index in [1.54, 1.807) is 0 Å². The van der Waals surface area contributed by atoms with Crippen LogP contribution in [-0.4, -0.2) is 49.8 Å². The van der Waals surface area contributed by atoms with Crippen LogP contribution in [-0.2, 0) is 13.1 Å². The Balaban J connectivity index is 1.42. The summed E-state index contributed by atoms with van der Waals surface area (Å²) in [5.74, 6) is 1.60. The molecule has 2 unspecified atom stereocenters.